The first-order valence-corrected chi connectivity index (χ1v) is 8.72. The first-order chi connectivity index (χ1) is 12.0. The molecule has 0 bridgehead atoms. The lowest BCUT2D eigenvalue weighted by Crippen LogP contribution is -2.48. The number of para-hydroxylation sites is 1. The molecule has 132 valence electrons. The number of piperidine rings is 1. The van der Waals surface area contributed by atoms with Gasteiger partial charge >= 0.3 is 0 Å². The number of primary amides is 1. The number of hydrogen-bond donors (Lipinski definition) is 1. The van der Waals surface area contributed by atoms with Gasteiger partial charge in [-0.05, 0) is 43.9 Å². The Hall–Kier alpha value is -2.63. The Morgan fingerprint density at radius 1 is 1.24 bits per heavy atom. The molecule has 2 N–H and O–H groups in total. The minimum Gasteiger partial charge on any atom is -0.369 e. The van der Waals surface area contributed by atoms with E-state index >= 15 is 0 Å². The zero-order valence-electron chi connectivity index (χ0n) is 14.5. The number of hydrogen-bond acceptors (Lipinski definition) is 3. The lowest BCUT2D eigenvalue weighted by atomic mass is 9.92. The quantitative estimate of drug-likeness (QED) is 0.903. The highest BCUT2D eigenvalue weighted by Gasteiger charge is 2.31. The molecule has 1 aromatic carbocycles. The molecule has 2 atom stereocenters. The van der Waals surface area contributed by atoms with E-state index in [0.29, 0.717) is 19.4 Å². The van der Waals surface area contributed by atoms with E-state index in [2.05, 4.69) is 5.10 Å². The van der Waals surface area contributed by atoms with Gasteiger partial charge < -0.3 is 10.6 Å². The molecule has 2 heterocycles. The second-order valence-corrected chi connectivity index (χ2v) is 6.70. The second-order valence-electron chi connectivity index (χ2n) is 6.70. The van der Waals surface area contributed by atoms with Gasteiger partial charge in [0.25, 0.3) is 0 Å². The van der Waals surface area contributed by atoms with Crippen molar-refractivity contribution < 1.29 is 9.59 Å². The van der Waals surface area contributed by atoms with Crippen LogP contribution in [0, 0.1) is 5.92 Å². The van der Waals surface area contributed by atoms with Gasteiger partial charge in [0.05, 0.1) is 17.8 Å². The molecule has 3 rings (SSSR count). The third-order valence-corrected chi connectivity index (χ3v) is 4.89. The number of amides is 2. The lowest BCUT2D eigenvalue weighted by Gasteiger charge is -2.37. The SMILES string of the molecule is C[C@H]1CC[C@H](C(N)=O)CN1C(=O)CCc1cnn(-c2ccccc2)c1. The highest BCUT2D eigenvalue weighted by Crippen LogP contribution is 2.22. The van der Waals surface area contributed by atoms with Crippen molar-refractivity contribution >= 4 is 11.8 Å². The molecule has 0 aliphatic carbocycles. The molecular weight excluding hydrogens is 316 g/mol. The zero-order chi connectivity index (χ0) is 17.8. The largest absolute Gasteiger partial charge is 0.369 e. The van der Waals surface area contributed by atoms with Crippen molar-refractivity contribution in [1.82, 2.24) is 14.7 Å². The maximum Gasteiger partial charge on any atom is 0.223 e. The van der Waals surface area contributed by atoms with Crippen LogP contribution in [-0.4, -0.2) is 39.1 Å². The fourth-order valence-corrected chi connectivity index (χ4v) is 3.29. The van der Waals surface area contributed by atoms with E-state index in [9.17, 15) is 9.59 Å². The molecular formula is C19H24N4O2. The van der Waals surface area contributed by atoms with E-state index in [1.165, 1.54) is 0 Å². The fraction of sp³-hybridized carbons (Fsp3) is 0.421. The topological polar surface area (TPSA) is 81.2 Å². The Balaban J connectivity index is 1.59. The maximum atomic E-state index is 12.6. The van der Waals surface area contributed by atoms with Crippen LogP contribution in [0.25, 0.3) is 5.69 Å². The summed E-state index contributed by atoms with van der Waals surface area (Å²) in [6, 6.07) is 10.0. The number of nitrogens with two attached hydrogens (primary N) is 1. The minimum atomic E-state index is -0.311. The second kappa shape index (κ2) is 7.51. The third kappa shape index (κ3) is 4.07. The van der Waals surface area contributed by atoms with Crippen LogP contribution >= 0.6 is 0 Å². The van der Waals surface area contributed by atoms with Gasteiger partial charge in [-0.1, -0.05) is 18.2 Å². The summed E-state index contributed by atoms with van der Waals surface area (Å²) in [6.45, 7) is 2.47. The Morgan fingerprint density at radius 2 is 2.00 bits per heavy atom. The number of nitrogens with zero attached hydrogens (tertiary/aromatic N) is 3. The van der Waals surface area contributed by atoms with Crippen molar-refractivity contribution in [2.24, 2.45) is 11.7 Å². The van der Waals surface area contributed by atoms with E-state index in [-0.39, 0.29) is 23.8 Å². The molecule has 1 aliphatic heterocycles. The molecule has 2 amide bonds. The molecule has 0 saturated carbocycles. The number of aryl methyl sites for hydroxylation is 1. The molecule has 1 saturated heterocycles. The van der Waals surface area contributed by atoms with Crippen LogP contribution in [0.3, 0.4) is 0 Å². The molecule has 0 radical (unpaired) electrons. The summed E-state index contributed by atoms with van der Waals surface area (Å²) >= 11 is 0. The van der Waals surface area contributed by atoms with Gasteiger partial charge in [-0.25, -0.2) is 4.68 Å². The number of carbonyl (C=O) groups is 2. The molecule has 1 aromatic heterocycles. The Bertz CT molecular complexity index is 741. The highest BCUT2D eigenvalue weighted by molar-refractivity contribution is 5.80. The van der Waals surface area contributed by atoms with Crippen LogP contribution in [0.4, 0.5) is 0 Å². The fourth-order valence-electron chi connectivity index (χ4n) is 3.29. The average molecular weight is 340 g/mol. The highest BCUT2D eigenvalue weighted by atomic mass is 16.2. The van der Waals surface area contributed by atoms with Gasteiger partial charge in [0.2, 0.25) is 11.8 Å². The molecule has 0 spiro atoms. The van der Waals surface area contributed by atoms with E-state index in [0.717, 1.165) is 24.1 Å². The molecule has 6 nitrogen and oxygen atoms in total. The first-order valence-electron chi connectivity index (χ1n) is 8.72. The lowest BCUT2D eigenvalue weighted by molar-refractivity contribution is -0.137. The Labute approximate surface area is 147 Å². The molecule has 25 heavy (non-hydrogen) atoms. The number of rotatable bonds is 5. The van der Waals surface area contributed by atoms with Crippen molar-refractivity contribution in [3.63, 3.8) is 0 Å². The average Bonchev–Trinajstić information content (AvgIpc) is 3.09. The van der Waals surface area contributed by atoms with E-state index < -0.39 is 0 Å². The third-order valence-electron chi connectivity index (χ3n) is 4.89. The van der Waals surface area contributed by atoms with Gasteiger partial charge in [-0.15, -0.1) is 0 Å². The normalized spacial score (nSPS) is 20.4. The zero-order valence-corrected chi connectivity index (χ0v) is 14.5. The van der Waals surface area contributed by atoms with Crippen molar-refractivity contribution in [3.8, 4) is 5.69 Å². The van der Waals surface area contributed by atoms with Gasteiger partial charge in [-0.3, -0.25) is 9.59 Å². The van der Waals surface area contributed by atoms with Crippen LogP contribution in [0.2, 0.25) is 0 Å². The van der Waals surface area contributed by atoms with Crippen LogP contribution in [0.1, 0.15) is 31.7 Å². The van der Waals surface area contributed by atoms with Crippen molar-refractivity contribution in [1.29, 1.82) is 0 Å². The predicted molar refractivity (Wildman–Crippen MR) is 95.0 cm³/mol. The number of aromatic nitrogens is 2. The monoisotopic (exact) mass is 340 g/mol. The number of likely N-dealkylation sites (tertiary alicyclic amines) is 1. The molecule has 1 aliphatic rings. The first kappa shape index (κ1) is 17.2. The van der Waals surface area contributed by atoms with Crippen molar-refractivity contribution in [2.75, 3.05) is 6.54 Å². The summed E-state index contributed by atoms with van der Waals surface area (Å²) in [6.07, 6.45) is 6.39. The maximum absolute atomic E-state index is 12.6. The van der Waals surface area contributed by atoms with E-state index in [1.54, 1.807) is 11.1 Å². The van der Waals surface area contributed by atoms with Crippen LogP contribution in [0.15, 0.2) is 42.7 Å². The summed E-state index contributed by atoms with van der Waals surface area (Å²) in [4.78, 5) is 25.8. The Kier molecular flexibility index (Phi) is 5.16. The molecule has 6 heteroatoms. The van der Waals surface area contributed by atoms with Crippen molar-refractivity contribution in [3.05, 3.63) is 48.3 Å². The van der Waals surface area contributed by atoms with E-state index in [1.807, 2.05) is 48.1 Å². The standard InChI is InChI=1S/C19H24N4O2/c1-14-7-9-16(19(20)25)13-22(14)18(24)10-8-15-11-21-23(12-15)17-5-3-2-4-6-17/h2-6,11-12,14,16H,7-10,13H2,1H3,(H2,20,25)/t14-,16-/m0/s1. The van der Waals surface area contributed by atoms with Crippen LogP contribution in [0.5, 0.6) is 0 Å². The summed E-state index contributed by atoms with van der Waals surface area (Å²) in [5.41, 5.74) is 7.43. The summed E-state index contributed by atoms with van der Waals surface area (Å²) in [5.74, 6) is -0.458. The minimum absolute atomic E-state index is 0.0749. The Morgan fingerprint density at radius 3 is 2.72 bits per heavy atom. The van der Waals surface area contributed by atoms with Gasteiger partial charge in [0.1, 0.15) is 0 Å². The number of carbonyl (C=O) groups excluding carboxylic acids is 2. The smallest absolute Gasteiger partial charge is 0.223 e. The summed E-state index contributed by atoms with van der Waals surface area (Å²) in [7, 11) is 0. The van der Waals surface area contributed by atoms with Crippen molar-refractivity contribution in [2.45, 2.75) is 38.6 Å². The van der Waals surface area contributed by atoms with E-state index in [4.69, 9.17) is 5.73 Å². The summed E-state index contributed by atoms with van der Waals surface area (Å²) < 4.78 is 1.81. The van der Waals surface area contributed by atoms with Gasteiger partial charge in [0.15, 0.2) is 0 Å². The van der Waals surface area contributed by atoms with Crippen LogP contribution in [-0.2, 0) is 16.0 Å². The van der Waals surface area contributed by atoms with Gasteiger partial charge in [0, 0.05) is 25.2 Å². The van der Waals surface area contributed by atoms with Gasteiger partial charge in [-0.2, -0.15) is 5.10 Å². The molecule has 0 unspecified atom stereocenters. The van der Waals surface area contributed by atoms with Crippen LogP contribution < -0.4 is 5.73 Å². The molecule has 2 aromatic rings. The predicted octanol–water partition coefficient (Wildman–Crippen LogP) is 1.92. The summed E-state index contributed by atoms with van der Waals surface area (Å²) in [5, 5.41) is 4.36. The number of benzene rings is 1. The molecule has 1 fully saturated rings.